The van der Waals surface area contributed by atoms with Gasteiger partial charge in [-0.2, -0.15) is 8.78 Å². The van der Waals surface area contributed by atoms with Crippen molar-refractivity contribution in [1.29, 1.82) is 0 Å². The van der Waals surface area contributed by atoms with E-state index in [0.29, 0.717) is 4.57 Å². The molecule has 0 amide bonds. The zero-order valence-corrected chi connectivity index (χ0v) is 15.3. The number of fused-ring (bicyclic) bond motifs is 1. The maximum absolute atomic E-state index is 15.0. The van der Waals surface area contributed by atoms with Gasteiger partial charge in [-0.3, -0.25) is 18.9 Å². The van der Waals surface area contributed by atoms with Crippen LogP contribution in [0.5, 0.6) is 0 Å². The maximum atomic E-state index is 15.0. The number of nitrogens with one attached hydrogen (secondary N) is 1. The molecule has 3 heterocycles. The van der Waals surface area contributed by atoms with E-state index in [9.17, 15) is 18.4 Å². The molecule has 25 heavy (non-hydrogen) atoms. The number of aromatic amines is 1. The highest BCUT2D eigenvalue weighted by Gasteiger charge is 2.69. The fourth-order valence-electron chi connectivity index (χ4n) is 2.76. The van der Waals surface area contributed by atoms with Gasteiger partial charge in [-0.25, -0.2) is 4.79 Å². The number of nitrogens with zero attached hydrogens (tertiary/aromatic N) is 1. The van der Waals surface area contributed by atoms with Crippen molar-refractivity contribution < 1.29 is 27.1 Å². The smallest absolute Gasteiger partial charge is 0.330 e. The number of H-pyrrole nitrogens is 1. The highest BCUT2D eigenvalue weighted by Crippen LogP contribution is 2.63. The topological polar surface area (TPSA) is 91.8 Å². The molecule has 0 aliphatic carbocycles. The van der Waals surface area contributed by atoms with Crippen molar-refractivity contribution in [3.05, 3.63) is 33.1 Å². The van der Waals surface area contributed by atoms with Crippen molar-refractivity contribution in [3.8, 4) is 0 Å². The minimum absolute atomic E-state index is 0.272. The number of halogens is 2. The molecule has 2 aliphatic heterocycles. The van der Waals surface area contributed by atoms with E-state index in [1.165, 1.54) is 6.92 Å². The molecule has 4 atom stereocenters. The minimum atomic E-state index is -3.61. The average Bonchev–Trinajstić information content (AvgIpc) is 2.67. The van der Waals surface area contributed by atoms with E-state index in [1.54, 1.807) is 13.8 Å². The van der Waals surface area contributed by atoms with Gasteiger partial charge in [0.15, 0.2) is 6.10 Å². The number of rotatable bonds is 3. The maximum Gasteiger partial charge on any atom is 0.330 e. The molecule has 2 aliphatic rings. The predicted molar refractivity (Wildman–Crippen MR) is 86.1 cm³/mol. The van der Waals surface area contributed by atoms with E-state index in [4.69, 9.17) is 30.1 Å². The van der Waals surface area contributed by atoms with Crippen LogP contribution in [0.3, 0.4) is 0 Å². The van der Waals surface area contributed by atoms with Crippen LogP contribution in [0.4, 0.5) is 8.78 Å². The Labute approximate surface area is 146 Å². The highest BCUT2D eigenvalue weighted by molar-refractivity contribution is 8.07. The Morgan fingerprint density at radius 2 is 2.16 bits per heavy atom. The molecule has 1 aromatic rings. The monoisotopic (exact) mass is 398 g/mol. The summed E-state index contributed by atoms with van der Waals surface area (Å²) in [6.07, 6.45) is -3.16. The third-order valence-electron chi connectivity index (χ3n) is 3.80. The highest BCUT2D eigenvalue weighted by atomic mass is 32.5. The quantitative estimate of drug-likeness (QED) is 0.772. The molecule has 0 radical (unpaired) electrons. The van der Waals surface area contributed by atoms with Gasteiger partial charge < -0.3 is 13.8 Å². The van der Waals surface area contributed by atoms with Crippen LogP contribution < -0.4 is 11.2 Å². The lowest BCUT2D eigenvalue weighted by Gasteiger charge is -2.40. The van der Waals surface area contributed by atoms with Crippen LogP contribution >= 0.6 is 6.72 Å². The second-order valence-electron chi connectivity index (χ2n) is 6.34. The zero-order chi connectivity index (χ0) is 18.6. The molecule has 8 nitrogen and oxygen atoms in total. The molecule has 3 rings (SSSR count). The van der Waals surface area contributed by atoms with Crippen molar-refractivity contribution in [1.82, 2.24) is 9.55 Å². The molecule has 2 fully saturated rings. The first kappa shape index (κ1) is 18.8. The Morgan fingerprint density at radius 3 is 2.76 bits per heavy atom. The lowest BCUT2D eigenvalue weighted by molar-refractivity contribution is -0.138. The molecule has 2 saturated heterocycles. The first-order valence-electron chi connectivity index (χ1n) is 7.45. The summed E-state index contributed by atoms with van der Waals surface area (Å²) in [5.74, 6) is -3.61. The summed E-state index contributed by atoms with van der Waals surface area (Å²) in [5.41, 5.74) is -3.25. The fraction of sp³-hybridized carbons (Fsp3) is 0.692. The van der Waals surface area contributed by atoms with Crippen LogP contribution in [0.1, 0.15) is 27.0 Å². The molecule has 1 unspecified atom stereocenters. The summed E-state index contributed by atoms with van der Waals surface area (Å²) in [5, 5.41) is 0. The van der Waals surface area contributed by atoms with Crippen LogP contribution in [0.25, 0.3) is 0 Å². The Bertz CT molecular complexity index is 842. The van der Waals surface area contributed by atoms with Gasteiger partial charge in [0.1, 0.15) is 5.60 Å². The number of ether oxygens (including phenoxy) is 1. The third-order valence-corrected chi connectivity index (χ3v) is 6.23. The van der Waals surface area contributed by atoms with Gasteiger partial charge in [-0.15, -0.1) is 0 Å². The minimum Gasteiger partial charge on any atom is -0.340 e. The third kappa shape index (κ3) is 3.24. The van der Waals surface area contributed by atoms with Crippen LogP contribution in [0.2, 0.25) is 0 Å². The van der Waals surface area contributed by atoms with E-state index < -0.39 is 41.8 Å². The number of hydrogen-bond donors (Lipinski definition) is 1. The van der Waals surface area contributed by atoms with Crippen LogP contribution in [-0.2, 0) is 30.1 Å². The van der Waals surface area contributed by atoms with Gasteiger partial charge >= 0.3 is 18.3 Å². The fourth-order valence-corrected chi connectivity index (χ4v) is 5.41. The van der Waals surface area contributed by atoms with Gasteiger partial charge in [-0.05, 0) is 32.6 Å². The van der Waals surface area contributed by atoms with Crippen LogP contribution in [0, 0.1) is 0 Å². The molecular formula is C13H17F2N2O6PS. The molecule has 12 heteroatoms. The summed E-state index contributed by atoms with van der Waals surface area (Å²) in [4.78, 5) is 25.0. The summed E-state index contributed by atoms with van der Waals surface area (Å²) in [6.45, 7) is 1.10. The largest absolute Gasteiger partial charge is 0.340 e. The number of aromatic nitrogens is 2. The number of alkyl halides is 2. The lowest BCUT2D eigenvalue weighted by Crippen LogP contribution is -2.51. The average molecular weight is 398 g/mol. The van der Waals surface area contributed by atoms with Crippen molar-refractivity contribution in [2.45, 2.75) is 50.7 Å². The van der Waals surface area contributed by atoms with Gasteiger partial charge in [-0.1, -0.05) is 0 Å². The standard InChI is InChI=1S/C13H17F2N2O6PS/c1-7(2)22-24(25)20-6-12(3)9(23-24)13(14,15)10(21-12)17-5-4-8(18)16-11(17)19/h4-5,7,9-10H,6H2,1-3H3,(H,16,18,19)/t9-,10-,12-,24?/m1/s1. The molecule has 0 aromatic carbocycles. The van der Waals surface area contributed by atoms with E-state index in [0.717, 1.165) is 12.3 Å². The molecule has 140 valence electrons. The van der Waals surface area contributed by atoms with Crippen molar-refractivity contribution >= 4 is 18.5 Å². The van der Waals surface area contributed by atoms with Crippen LogP contribution in [-0.4, -0.2) is 39.9 Å². The van der Waals surface area contributed by atoms with E-state index in [2.05, 4.69) is 0 Å². The second kappa shape index (κ2) is 6.04. The molecule has 0 spiro atoms. The lowest BCUT2D eigenvalue weighted by atomic mass is 9.98. The normalized spacial score (nSPS) is 37.2. The van der Waals surface area contributed by atoms with Crippen LogP contribution in [0.15, 0.2) is 21.9 Å². The molecule has 0 saturated carbocycles. The molecular weight excluding hydrogens is 381 g/mol. The Kier molecular flexibility index (Phi) is 4.54. The van der Waals surface area contributed by atoms with Gasteiger partial charge in [0.05, 0.1) is 12.7 Å². The van der Waals surface area contributed by atoms with Crippen molar-refractivity contribution in [2.24, 2.45) is 0 Å². The van der Waals surface area contributed by atoms with Gasteiger partial charge in [0, 0.05) is 12.3 Å². The summed E-state index contributed by atoms with van der Waals surface area (Å²) < 4.78 is 52.2. The van der Waals surface area contributed by atoms with Gasteiger partial charge in [0.2, 0.25) is 6.23 Å². The summed E-state index contributed by atoms with van der Waals surface area (Å²) in [7, 11) is 0. The summed E-state index contributed by atoms with van der Waals surface area (Å²) in [6, 6.07) is 0.953. The second-order valence-corrected chi connectivity index (χ2v) is 9.25. The predicted octanol–water partition coefficient (Wildman–Crippen LogP) is 1.52. The Morgan fingerprint density at radius 1 is 1.48 bits per heavy atom. The SMILES string of the molecule is CC(C)OP1(=S)OC[C@@]2(C)O[C@@H](n3ccc(=O)[nH]c3=O)C(F)(F)[C@@H]2O1. The van der Waals surface area contributed by atoms with Gasteiger partial charge in [0.25, 0.3) is 5.56 Å². The van der Waals surface area contributed by atoms with E-state index >= 15 is 0 Å². The van der Waals surface area contributed by atoms with E-state index in [1.807, 2.05) is 4.98 Å². The zero-order valence-electron chi connectivity index (χ0n) is 13.6. The summed E-state index contributed by atoms with van der Waals surface area (Å²) >= 11 is 5.14. The first-order valence-corrected chi connectivity index (χ1v) is 10.0. The Balaban J connectivity index is 1.98. The van der Waals surface area contributed by atoms with E-state index in [-0.39, 0.29) is 12.7 Å². The molecule has 0 bridgehead atoms. The van der Waals surface area contributed by atoms with Crippen molar-refractivity contribution in [3.63, 3.8) is 0 Å². The number of hydrogen-bond acceptors (Lipinski definition) is 7. The molecule has 1 aromatic heterocycles. The first-order chi connectivity index (χ1) is 11.5. The molecule has 1 N–H and O–H groups in total. The van der Waals surface area contributed by atoms with Crippen molar-refractivity contribution in [2.75, 3.05) is 6.61 Å². The Hall–Kier alpha value is -0.970.